The van der Waals surface area contributed by atoms with Gasteiger partial charge in [0.25, 0.3) is 5.91 Å². The molecule has 226 valence electrons. The zero-order valence-electron chi connectivity index (χ0n) is 26.0. The van der Waals surface area contributed by atoms with Crippen molar-refractivity contribution in [1.82, 2.24) is 20.9 Å². The molecule has 1 saturated carbocycles. The van der Waals surface area contributed by atoms with Crippen molar-refractivity contribution in [2.75, 3.05) is 13.1 Å². The zero-order valence-corrected chi connectivity index (χ0v) is 26.0. The smallest absolute Gasteiger partial charge is 0.408 e. The number of ketones is 1. The van der Waals surface area contributed by atoms with E-state index in [1.807, 2.05) is 34.6 Å². The molecule has 1 unspecified atom stereocenters. The first-order valence-corrected chi connectivity index (χ1v) is 14.2. The molecule has 1 aliphatic carbocycles. The summed E-state index contributed by atoms with van der Waals surface area (Å²) in [5.41, 5.74) is -1.62. The Morgan fingerprint density at radius 2 is 1.65 bits per heavy atom. The number of hydrogen-bond acceptors (Lipinski definition) is 6. The van der Waals surface area contributed by atoms with Crippen LogP contribution >= 0.6 is 0 Å². The van der Waals surface area contributed by atoms with Gasteiger partial charge in [-0.2, -0.15) is 0 Å². The molecular formula is C30H50N4O6. The normalized spacial score (nSPS) is 23.3. The van der Waals surface area contributed by atoms with Crippen molar-refractivity contribution >= 4 is 29.6 Å². The SMILES string of the molecule is C=CCNC(=O)C(=O)C(CC(C)C)NC(=O)[C@@H]1[C@@H]2[C@H](CN1C(=O)[C@@H](NC(=O)OC(C)(C)C)C(C)(C)C)CC2(C)C. The second-order valence-corrected chi connectivity index (χ2v) is 14.4. The number of likely N-dealkylation sites (tertiary alicyclic amines) is 1. The molecular weight excluding hydrogens is 512 g/mol. The van der Waals surface area contributed by atoms with Gasteiger partial charge in [0.05, 0.1) is 6.04 Å². The molecule has 2 aliphatic rings. The van der Waals surface area contributed by atoms with E-state index in [-0.39, 0.29) is 42.0 Å². The van der Waals surface area contributed by atoms with E-state index in [0.29, 0.717) is 6.54 Å². The second-order valence-electron chi connectivity index (χ2n) is 14.4. The average Bonchev–Trinajstić information content (AvgIpc) is 3.12. The van der Waals surface area contributed by atoms with E-state index in [4.69, 9.17) is 4.74 Å². The van der Waals surface area contributed by atoms with Crippen LogP contribution in [0.4, 0.5) is 4.79 Å². The minimum atomic E-state index is -1.03. The molecule has 10 heteroatoms. The maximum absolute atomic E-state index is 14.1. The van der Waals surface area contributed by atoms with Crippen molar-refractivity contribution in [3.05, 3.63) is 12.7 Å². The lowest BCUT2D eigenvalue weighted by Crippen LogP contribution is -2.61. The van der Waals surface area contributed by atoms with Crippen LogP contribution < -0.4 is 16.0 Å². The minimum absolute atomic E-state index is 0.0268. The summed E-state index contributed by atoms with van der Waals surface area (Å²) < 4.78 is 5.42. The van der Waals surface area contributed by atoms with E-state index in [1.165, 1.54) is 6.08 Å². The molecule has 0 aromatic rings. The van der Waals surface area contributed by atoms with Gasteiger partial charge in [-0.05, 0) is 62.2 Å². The molecule has 1 heterocycles. The van der Waals surface area contributed by atoms with Crippen LogP contribution in [0.3, 0.4) is 0 Å². The number of amides is 4. The lowest BCUT2D eigenvalue weighted by molar-refractivity contribution is -0.146. The third-order valence-electron chi connectivity index (χ3n) is 7.60. The van der Waals surface area contributed by atoms with E-state index in [2.05, 4.69) is 36.4 Å². The molecule has 5 atom stereocenters. The Morgan fingerprint density at radius 3 is 2.12 bits per heavy atom. The predicted octanol–water partition coefficient (Wildman–Crippen LogP) is 3.20. The number of ether oxygens (including phenoxy) is 1. The lowest BCUT2D eigenvalue weighted by atomic mass is 9.55. The number of carbonyl (C=O) groups is 5. The van der Waals surface area contributed by atoms with Gasteiger partial charge in [-0.3, -0.25) is 19.2 Å². The van der Waals surface area contributed by atoms with Gasteiger partial charge in [0.1, 0.15) is 17.7 Å². The fourth-order valence-electron chi connectivity index (χ4n) is 5.98. The lowest BCUT2D eigenvalue weighted by Gasteiger charge is -2.49. The monoisotopic (exact) mass is 562 g/mol. The molecule has 40 heavy (non-hydrogen) atoms. The van der Waals surface area contributed by atoms with Crippen LogP contribution in [0, 0.1) is 28.6 Å². The van der Waals surface area contributed by atoms with Crippen molar-refractivity contribution < 1.29 is 28.7 Å². The molecule has 0 aromatic heterocycles. The van der Waals surface area contributed by atoms with Crippen molar-refractivity contribution in [2.24, 2.45) is 28.6 Å². The summed E-state index contributed by atoms with van der Waals surface area (Å²) in [5, 5.41) is 8.05. The molecule has 0 spiro atoms. The molecule has 3 N–H and O–H groups in total. The van der Waals surface area contributed by atoms with E-state index in [1.54, 1.807) is 25.7 Å². The molecule has 0 radical (unpaired) electrons. The fourth-order valence-corrected chi connectivity index (χ4v) is 5.98. The van der Waals surface area contributed by atoms with Gasteiger partial charge in [0, 0.05) is 13.1 Å². The largest absolute Gasteiger partial charge is 0.444 e. The van der Waals surface area contributed by atoms with Crippen molar-refractivity contribution in [2.45, 2.75) is 106 Å². The Morgan fingerprint density at radius 1 is 1.05 bits per heavy atom. The van der Waals surface area contributed by atoms with Crippen molar-refractivity contribution in [3.63, 3.8) is 0 Å². The number of Topliss-reactive ketones (excluding diaryl/α,β-unsaturated/α-hetero) is 1. The summed E-state index contributed by atoms with van der Waals surface area (Å²) >= 11 is 0. The van der Waals surface area contributed by atoms with Crippen LogP contribution in [0.1, 0.15) is 82.1 Å². The zero-order chi connectivity index (χ0) is 30.8. The van der Waals surface area contributed by atoms with E-state index >= 15 is 0 Å². The van der Waals surface area contributed by atoms with E-state index in [9.17, 15) is 24.0 Å². The number of nitrogens with zero attached hydrogens (tertiary/aromatic N) is 1. The highest BCUT2D eigenvalue weighted by molar-refractivity contribution is 6.38. The maximum Gasteiger partial charge on any atom is 0.408 e. The highest BCUT2D eigenvalue weighted by Gasteiger charge is 2.61. The predicted molar refractivity (Wildman–Crippen MR) is 153 cm³/mol. The Bertz CT molecular complexity index is 1010. The second kappa shape index (κ2) is 12.3. The maximum atomic E-state index is 14.1. The molecule has 2 rings (SSSR count). The Hall–Kier alpha value is -2.91. The van der Waals surface area contributed by atoms with Crippen LogP contribution in [-0.2, 0) is 23.9 Å². The molecule has 0 bridgehead atoms. The van der Waals surface area contributed by atoms with Crippen molar-refractivity contribution in [3.8, 4) is 0 Å². The number of fused-ring (bicyclic) bond motifs is 1. The van der Waals surface area contributed by atoms with Crippen LogP contribution in [0.5, 0.6) is 0 Å². The summed E-state index contributed by atoms with van der Waals surface area (Å²) in [7, 11) is 0. The van der Waals surface area contributed by atoms with Crippen LogP contribution in [0.25, 0.3) is 0 Å². The number of nitrogens with one attached hydrogen (secondary N) is 3. The van der Waals surface area contributed by atoms with Gasteiger partial charge in [-0.15, -0.1) is 6.58 Å². The van der Waals surface area contributed by atoms with E-state index < -0.39 is 52.8 Å². The molecule has 2 fully saturated rings. The first kappa shape index (κ1) is 33.3. The van der Waals surface area contributed by atoms with Crippen molar-refractivity contribution in [1.29, 1.82) is 0 Å². The number of hydrogen-bond donors (Lipinski definition) is 3. The van der Waals surface area contributed by atoms with Gasteiger partial charge in [-0.1, -0.05) is 54.5 Å². The quantitative estimate of drug-likeness (QED) is 0.277. The summed E-state index contributed by atoms with van der Waals surface area (Å²) in [4.78, 5) is 67.7. The molecule has 1 saturated heterocycles. The standard InChI is InChI=1S/C30H50N4O6/c1-12-13-31-25(37)22(35)19(14-17(2)3)32-24(36)21-20-18(15-30(20,10)11)16-34(21)26(38)23(28(4,5)6)33-27(39)40-29(7,8)9/h12,17-21,23H,1,13-16H2,2-11H3,(H,31,37)(H,32,36)(H,33,39)/t18-,19?,20-,21-,23+/m0/s1. The fraction of sp³-hybridized carbons (Fsp3) is 0.767. The van der Waals surface area contributed by atoms with Gasteiger partial charge in [0.15, 0.2) is 0 Å². The number of carbonyl (C=O) groups excluding carboxylic acids is 5. The molecule has 4 amide bonds. The van der Waals surface area contributed by atoms with Crippen LogP contribution in [0.15, 0.2) is 12.7 Å². The topological polar surface area (TPSA) is 134 Å². The van der Waals surface area contributed by atoms with Gasteiger partial charge in [0.2, 0.25) is 17.6 Å². The summed E-state index contributed by atoms with van der Waals surface area (Å²) in [6, 6.07) is -2.82. The average molecular weight is 563 g/mol. The third kappa shape index (κ3) is 8.07. The molecule has 0 aromatic carbocycles. The Labute approximate surface area is 239 Å². The molecule has 1 aliphatic heterocycles. The van der Waals surface area contributed by atoms with Crippen LogP contribution in [-0.4, -0.2) is 71.3 Å². The highest BCUT2D eigenvalue weighted by atomic mass is 16.6. The third-order valence-corrected chi connectivity index (χ3v) is 7.60. The first-order chi connectivity index (χ1) is 18.2. The van der Waals surface area contributed by atoms with Gasteiger partial charge in [-0.25, -0.2) is 4.79 Å². The minimum Gasteiger partial charge on any atom is -0.444 e. The van der Waals surface area contributed by atoms with Crippen LogP contribution in [0.2, 0.25) is 0 Å². The number of alkyl carbamates (subject to hydrolysis) is 1. The van der Waals surface area contributed by atoms with Gasteiger partial charge >= 0.3 is 6.09 Å². The first-order valence-electron chi connectivity index (χ1n) is 14.2. The highest BCUT2D eigenvalue weighted by Crippen LogP contribution is 2.57. The van der Waals surface area contributed by atoms with Gasteiger partial charge < -0.3 is 25.6 Å². The summed E-state index contributed by atoms with van der Waals surface area (Å²) in [6.45, 7) is 22.8. The van der Waals surface area contributed by atoms with E-state index in [0.717, 1.165) is 6.42 Å². The summed E-state index contributed by atoms with van der Waals surface area (Å²) in [5.74, 6) is -2.34. The molecule has 10 nitrogen and oxygen atoms in total. The number of rotatable bonds is 10. The summed E-state index contributed by atoms with van der Waals surface area (Å²) in [6.07, 6.45) is 1.88. The Kier molecular flexibility index (Phi) is 10.2. The Balaban J connectivity index is 2.38.